The lowest BCUT2D eigenvalue weighted by Gasteiger charge is -2.52. The maximum atomic E-state index is 15.4. The van der Waals surface area contributed by atoms with Crippen LogP contribution in [0.25, 0.3) is 0 Å². The van der Waals surface area contributed by atoms with Crippen LogP contribution in [0, 0.1) is 11.6 Å². The van der Waals surface area contributed by atoms with Gasteiger partial charge >= 0.3 is 6.09 Å². The number of benzene rings is 1. The Morgan fingerprint density at radius 2 is 1.88 bits per heavy atom. The Hall–Kier alpha value is -3.17. The summed E-state index contributed by atoms with van der Waals surface area (Å²) in [6.45, 7) is 5.88. The van der Waals surface area contributed by atoms with E-state index in [4.69, 9.17) is 0 Å². The van der Waals surface area contributed by atoms with E-state index in [1.165, 1.54) is 16.0 Å². The van der Waals surface area contributed by atoms with Crippen LogP contribution in [0.3, 0.4) is 0 Å². The van der Waals surface area contributed by atoms with Crippen molar-refractivity contribution in [1.29, 1.82) is 0 Å². The second kappa shape index (κ2) is 11.4. The molecule has 3 aliphatic rings. The number of carboxylic acid groups (broad SMARTS) is 1. The van der Waals surface area contributed by atoms with Gasteiger partial charge in [-0.1, -0.05) is 0 Å². The van der Waals surface area contributed by atoms with Gasteiger partial charge in [0.15, 0.2) is 0 Å². The van der Waals surface area contributed by atoms with E-state index in [9.17, 15) is 31.9 Å². The molecular formula is C28H37F3N6O5S. The molecule has 0 aliphatic carbocycles. The molecule has 1 aromatic heterocycles. The van der Waals surface area contributed by atoms with E-state index in [1.54, 1.807) is 25.7 Å². The highest BCUT2D eigenvalue weighted by atomic mass is 32.2. The third-order valence-electron chi connectivity index (χ3n) is 8.51. The first kappa shape index (κ1) is 31.3. The Bertz CT molecular complexity index is 1490. The van der Waals surface area contributed by atoms with Crippen LogP contribution in [0.4, 0.5) is 18.0 Å². The first-order chi connectivity index (χ1) is 20.0. The van der Waals surface area contributed by atoms with Gasteiger partial charge in [-0.15, -0.1) is 0 Å². The monoisotopic (exact) mass is 626 g/mol. The molecule has 1 N–H and O–H groups in total. The van der Waals surface area contributed by atoms with Gasteiger partial charge in [0.25, 0.3) is 10.0 Å². The third kappa shape index (κ3) is 6.38. The highest BCUT2D eigenvalue weighted by molar-refractivity contribution is 7.89. The van der Waals surface area contributed by atoms with Crippen molar-refractivity contribution in [2.24, 2.45) is 0 Å². The van der Waals surface area contributed by atoms with E-state index in [0.29, 0.717) is 17.8 Å². The first-order valence-corrected chi connectivity index (χ1v) is 16.0. The second-order valence-corrected chi connectivity index (χ2v) is 14.5. The number of likely N-dealkylation sites (tertiary alicyclic amines) is 2. The molecule has 1 aromatic carbocycles. The fourth-order valence-corrected chi connectivity index (χ4v) is 7.22. The minimum atomic E-state index is -3.58. The SMILES string of the molecule is CC(C)(C)N(C(=O)O)[C@H]1C[C@@H](N2Cc3cn(S(C)(=O)=O)nc3C2)CN(CC(=O)N2CC[C@@H](F)C2)[C@@H]1c1cc(F)ccc1F. The van der Waals surface area contributed by atoms with Crippen LogP contribution in [0.5, 0.6) is 0 Å². The van der Waals surface area contributed by atoms with Crippen LogP contribution in [-0.4, -0.2) is 111 Å². The highest BCUT2D eigenvalue weighted by Gasteiger charge is 2.48. The molecular weight excluding hydrogens is 589 g/mol. The minimum absolute atomic E-state index is 0.0568. The predicted octanol–water partition coefficient (Wildman–Crippen LogP) is 2.82. The number of aromatic nitrogens is 2. The Balaban J connectivity index is 1.55. The van der Waals surface area contributed by atoms with E-state index >= 15 is 4.39 Å². The molecule has 15 heteroatoms. The molecule has 4 atom stereocenters. The molecule has 4 heterocycles. The zero-order valence-corrected chi connectivity index (χ0v) is 25.4. The summed E-state index contributed by atoms with van der Waals surface area (Å²) in [6, 6.07) is 0.732. The van der Waals surface area contributed by atoms with Crippen molar-refractivity contribution < 1.29 is 36.3 Å². The van der Waals surface area contributed by atoms with Crippen molar-refractivity contribution in [3.8, 4) is 0 Å². The molecule has 0 saturated carbocycles. The van der Waals surface area contributed by atoms with Gasteiger partial charge in [0.1, 0.15) is 17.8 Å². The zero-order chi connectivity index (χ0) is 31.4. The van der Waals surface area contributed by atoms with Crippen LogP contribution < -0.4 is 0 Å². The lowest BCUT2D eigenvalue weighted by atomic mass is 9.84. The molecule has 236 valence electrons. The van der Waals surface area contributed by atoms with Crippen LogP contribution >= 0.6 is 0 Å². The fourth-order valence-electron chi connectivity index (χ4n) is 6.65. The highest BCUT2D eigenvalue weighted by Crippen LogP contribution is 2.41. The largest absolute Gasteiger partial charge is 0.465 e. The van der Waals surface area contributed by atoms with Gasteiger partial charge in [-0.3, -0.25) is 19.5 Å². The van der Waals surface area contributed by atoms with Gasteiger partial charge in [-0.2, -0.15) is 9.19 Å². The number of hydrogen-bond acceptors (Lipinski definition) is 7. The molecule has 3 aliphatic heterocycles. The summed E-state index contributed by atoms with van der Waals surface area (Å²) < 4.78 is 68.9. The minimum Gasteiger partial charge on any atom is -0.465 e. The average molecular weight is 627 g/mol. The van der Waals surface area contributed by atoms with Gasteiger partial charge in [-0.25, -0.2) is 26.4 Å². The van der Waals surface area contributed by atoms with Crippen molar-refractivity contribution in [2.75, 3.05) is 32.4 Å². The Morgan fingerprint density at radius 3 is 2.47 bits per heavy atom. The Labute approximate surface area is 248 Å². The number of rotatable bonds is 6. The van der Waals surface area contributed by atoms with E-state index in [1.807, 2.05) is 4.90 Å². The molecule has 2 aromatic rings. The third-order valence-corrected chi connectivity index (χ3v) is 9.38. The maximum Gasteiger partial charge on any atom is 0.408 e. The predicted molar refractivity (Wildman–Crippen MR) is 150 cm³/mol. The summed E-state index contributed by atoms with van der Waals surface area (Å²) in [7, 11) is -3.58. The summed E-state index contributed by atoms with van der Waals surface area (Å²) in [5, 5.41) is 14.6. The topological polar surface area (TPSA) is 119 Å². The molecule has 5 rings (SSSR count). The molecule has 43 heavy (non-hydrogen) atoms. The molecule has 0 spiro atoms. The number of halogens is 3. The second-order valence-electron chi connectivity index (χ2n) is 12.7. The molecule has 0 unspecified atom stereocenters. The Kier molecular flexibility index (Phi) is 8.28. The van der Waals surface area contributed by atoms with Crippen LogP contribution in [-0.2, 0) is 27.9 Å². The van der Waals surface area contributed by atoms with Crippen LogP contribution in [0.15, 0.2) is 24.4 Å². The molecule has 2 amide bonds. The molecule has 11 nitrogen and oxygen atoms in total. The standard InChI is InChI=1S/C28H37F3N6O5S/c1-28(2,3)37(27(39)40)24-10-20(34-11-17-12-36(43(4,41)42)32-23(17)15-34)14-35(16-25(38)33-8-7-19(30)13-33)26(24)21-9-18(29)5-6-22(21)31/h5-6,9,12,19-20,24,26H,7-8,10-11,13-16H2,1-4H3,(H,39,40)/t19-,20-,24+,26-/m1/s1. The maximum absolute atomic E-state index is 15.4. The molecule has 2 saturated heterocycles. The smallest absolute Gasteiger partial charge is 0.408 e. The quantitative estimate of drug-likeness (QED) is 0.520. The number of piperidine rings is 1. The number of amides is 2. The van der Waals surface area contributed by atoms with Crippen molar-refractivity contribution >= 4 is 22.0 Å². The van der Waals surface area contributed by atoms with E-state index in [-0.39, 0.29) is 63.1 Å². The van der Waals surface area contributed by atoms with Crippen molar-refractivity contribution in [2.45, 2.75) is 76.5 Å². The number of nitrogens with zero attached hydrogens (tertiary/aromatic N) is 6. The lowest BCUT2D eigenvalue weighted by molar-refractivity contribution is -0.134. The van der Waals surface area contributed by atoms with Crippen molar-refractivity contribution in [1.82, 2.24) is 28.8 Å². The normalized spacial score (nSPS) is 25.2. The number of fused-ring (bicyclic) bond motifs is 1. The number of carbonyl (C=O) groups excluding carboxylic acids is 1. The summed E-state index contributed by atoms with van der Waals surface area (Å²) in [5.41, 5.74) is 0.266. The zero-order valence-electron chi connectivity index (χ0n) is 24.6. The Morgan fingerprint density at radius 1 is 1.16 bits per heavy atom. The van der Waals surface area contributed by atoms with Gasteiger partial charge < -0.3 is 10.0 Å². The first-order valence-electron chi connectivity index (χ1n) is 14.2. The number of hydrogen-bond donors (Lipinski definition) is 1. The average Bonchev–Trinajstić information content (AvgIpc) is 3.59. The van der Waals surface area contributed by atoms with Gasteiger partial charge in [-0.05, 0) is 51.8 Å². The number of carbonyl (C=O) groups is 2. The fraction of sp³-hybridized carbons (Fsp3) is 0.607. The van der Waals surface area contributed by atoms with E-state index in [2.05, 4.69) is 5.10 Å². The van der Waals surface area contributed by atoms with E-state index < -0.39 is 51.5 Å². The summed E-state index contributed by atoms with van der Waals surface area (Å²) in [4.78, 5) is 32.6. The summed E-state index contributed by atoms with van der Waals surface area (Å²) in [6.07, 6.45) is 0.552. The molecule has 2 fully saturated rings. The summed E-state index contributed by atoms with van der Waals surface area (Å²) in [5.74, 6) is -1.81. The van der Waals surface area contributed by atoms with Gasteiger partial charge in [0.05, 0.1) is 37.1 Å². The van der Waals surface area contributed by atoms with Crippen LogP contribution in [0.1, 0.15) is 56.5 Å². The van der Waals surface area contributed by atoms with Gasteiger partial charge in [0, 0.05) is 55.1 Å². The summed E-state index contributed by atoms with van der Waals surface area (Å²) >= 11 is 0. The number of alkyl halides is 1. The van der Waals surface area contributed by atoms with Crippen molar-refractivity contribution in [3.05, 3.63) is 52.9 Å². The van der Waals surface area contributed by atoms with Crippen LogP contribution in [0.2, 0.25) is 0 Å². The van der Waals surface area contributed by atoms with Crippen molar-refractivity contribution in [3.63, 3.8) is 0 Å². The van der Waals surface area contributed by atoms with E-state index in [0.717, 1.165) is 28.5 Å². The molecule has 0 bridgehead atoms. The lowest BCUT2D eigenvalue weighted by Crippen LogP contribution is -2.63. The van der Waals surface area contributed by atoms with Gasteiger partial charge in [0.2, 0.25) is 5.91 Å². The molecule has 0 radical (unpaired) electrons.